The van der Waals surface area contributed by atoms with E-state index in [4.69, 9.17) is 16.7 Å². The molecule has 0 aliphatic carbocycles. The SMILES string of the molecule is NS(=O)(=O)c1cn(CC(=O)Nc2ccc(Cl)c([N+](=O)[O-])c2)ccc1=O. The lowest BCUT2D eigenvalue weighted by Gasteiger charge is -2.09. The number of carbonyl (C=O) groups is 1. The quantitative estimate of drug-likeness (QED) is 0.569. The molecule has 1 aromatic carbocycles. The van der Waals surface area contributed by atoms with Crippen LogP contribution in [0, 0.1) is 10.1 Å². The maximum atomic E-state index is 12.0. The Morgan fingerprint density at radius 3 is 2.64 bits per heavy atom. The summed E-state index contributed by atoms with van der Waals surface area (Å²) in [5, 5.41) is 18.1. The molecule has 0 saturated carbocycles. The molecule has 0 spiro atoms. The van der Waals surface area contributed by atoms with Crippen molar-refractivity contribution in [1.82, 2.24) is 4.57 Å². The number of hydrogen-bond acceptors (Lipinski definition) is 6. The third kappa shape index (κ3) is 4.62. The molecule has 25 heavy (non-hydrogen) atoms. The van der Waals surface area contributed by atoms with Crippen LogP contribution in [0.5, 0.6) is 0 Å². The van der Waals surface area contributed by atoms with Gasteiger partial charge in [-0.1, -0.05) is 11.6 Å². The Hall–Kier alpha value is -2.76. The predicted molar refractivity (Wildman–Crippen MR) is 88.8 cm³/mol. The van der Waals surface area contributed by atoms with Gasteiger partial charge < -0.3 is 9.88 Å². The maximum absolute atomic E-state index is 12.0. The second-order valence-electron chi connectivity index (χ2n) is 4.86. The van der Waals surface area contributed by atoms with E-state index in [-0.39, 0.29) is 22.9 Å². The first-order chi connectivity index (χ1) is 11.6. The zero-order valence-electron chi connectivity index (χ0n) is 12.4. The third-order valence-corrected chi connectivity index (χ3v) is 4.24. The molecule has 3 N–H and O–H groups in total. The molecule has 0 saturated heterocycles. The van der Waals surface area contributed by atoms with Gasteiger partial charge in [-0.3, -0.25) is 19.7 Å². The number of nitrogens with two attached hydrogens (primary N) is 1. The van der Waals surface area contributed by atoms with Crippen LogP contribution in [0.1, 0.15) is 0 Å². The van der Waals surface area contributed by atoms with Crippen molar-refractivity contribution in [3.8, 4) is 0 Å². The number of rotatable bonds is 5. The summed E-state index contributed by atoms with van der Waals surface area (Å²) >= 11 is 5.68. The van der Waals surface area contributed by atoms with Gasteiger partial charge in [0.25, 0.3) is 5.69 Å². The second-order valence-corrected chi connectivity index (χ2v) is 6.80. The molecule has 0 atom stereocenters. The van der Waals surface area contributed by atoms with E-state index in [0.717, 1.165) is 22.9 Å². The summed E-state index contributed by atoms with van der Waals surface area (Å²) in [5.41, 5.74) is -1.04. The lowest BCUT2D eigenvalue weighted by Crippen LogP contribution is -2.25. The number of sulfonamides is 1. The molecular formula is C13H11ClN4O6S. The molecule has 1 heterocycles. The van der Waals surface area contributed by atoms with E-state index < -0.39 is 31.2 Å². The number of primary sulfonamides is 1. The first-order valence-electron chi connectivity index (χ1n) is 6.54. The average molecular weight is 387 g/mol. The fourth-order valence-corrected chi connectivity index (χ4v) is 2.73. The van der Waals surface area contributed by atoms with Crippen LogP contribution < -0.4 is 15.9 Å². The zero-order valence-corrected chi connectivity index (χ0v) is 14.0. The standard InChI is InChI=1S/C13H11ClN4O6S/c14-9-2-1-8(5-10(9)18(21)22)16-13(20)7-17-4-3-11(19)12(6-17)25(15,23)24/h1-6H,7H2,(H,16,20)(H2,15,23,24). The van der Waals surface area contributed by atoms with E-state index in [2.05, 4.69) is 5.32 Å². The lowest BCUT2D eigenvalue weighted by molar-refractivity contribution is -0.384. The van der Waals surface area contributed by atoms with Crippen molar-refractivity contribution in [2.24, 2.45) is 5.14 Å². The molecule has 10 nitrogen and oxygen atoms in total. The van der Waals surface area contributed by atoms with Crippen LogP contribution in [0.3, 0.4) is 0 Å². The first kappa shape index (κ1) is 18.6. The van der Waals surface area contributed by atoms with Gasteiger partial charge in [-0.25, -0.2) is 13.6 Å². The number of benzene rings is 1. The largest absolute Gasteiger partial charge is 0.343 e. The van der Waals surface area contributed by atoms with Crippen molar-refractivity contribution in [2.75, 3.05) is 5.32 Å². The molecule has 2 rings (SSSR count). The van der Waals surface area contributed by atoms with Gasteiger partial charge in [0, 0.05) is 30.2 Å². The highest BCUT2D eigenvalue weighted by molar-refractivity contribution is 7.89. The highest BCUT2D eigenvalue weighted by Crippen LogP contribution is 2.27. The number of amides is 1. The van der Waals surface area contributed by atoms with E-state index in [9.17, 15) is 28.1 Å². The lowest BCUT2D eigenvalue weighted by atomic mass is 10.2. The number of pyridine rings is 1. The molecule has 0 fully saturated rings. The van der Waals surface area contributed by atoms with E-state index in [0.29, 0.717) is 0 Å². The number of nitrogens with one attached hydrogen (secondary N) is 1. The van der Waals surface area contributed by atoms with Gasteiger partial charge in [-0.05, 0) is 12.1 Å². The molecule has 0 bridgehead atoms. The summed E-state index contributed by atoms with van der Waals surface area (Å²) in [5.74, 6) is -0.611. The number of anilines is 1. The Morgan fingerprint density at radius 2 is 2.04 bits per heavy atom. The van der Waals surface area contributed by atoms with Gasteiger partial charge in [0.05, 0.1) is 4.92 Å². The Bertz CT molecular complexity index is 1020. The smallest absolute Gasteiger partial charge is 0.289 e. The molecule has 1 aromatic heterocycles. The summed E-state index contributed by atoms with van der Waals surface area (Å²) in [6.07, 6.45) is 2.14. The number of nitrogens with zero attached hydrogens (tertiary/aromatic N) is 2. The van der Waals surface area contributed by atoms with Crippen LogP contribution in [0.15, 0.2) is 46.3 Å². The highest BCUT2D eigenvalue weighted by atomic mass is 35.5. The molecule has 0 aliphatic heterocycles. The van der Waals surface area contributed by atoms with Crippen molar-refractivity contribution >= 4 is 38.9 Å². The van der Waals surface area contributed by atoms with Crippen molar-refractivity contribution in [3.63, 3.8) is 0 Å². The maximum Gasteiger partial charge on any atom is 0.289 e. The fourth-order valence-electron chi connectivity index (χ4n) is 1.91. The molecule has 0 aliphatic rings. The van der Waals surface area contributed by atoms with E-state index in [1.807, 2.05) is 0 Å². The summed E-state index contributed by atoms with van der Waals surface area (Å²) in [6, 6.07) is 4.67. The predicted octanol–water partition coefficient (Wildman–Crippen LogP) is 0.696. The normalized spacial score (nSPS) is 11.1. The van der Waals surface area contributed by atoms with Crippen LogP contribution in [0.25, 0.3) is 0 Å². The van der Waals surface area contributed by atoms with Crippen molar-refractivity contribution in [3.05, 3.63) is 62.0 Å². The zero-order chi connectivity index (χ0) is 18.8. The van der Waals surface area contributed by atoms with E-state index >= 15 is 0 Å². The van der Waals surface area contributed by atoms with Crippen LogP contribution in [0.4, 0.5) is 11.4 Å². The number of carbonyl (C=O) groups excluding carboxylic acids is 1. The van der Waals surface area contributed by atoms with Crippen LogP contribution in [0.2, 0.25) is 5.02 Å². The van der Waals surface area contributed by atoms with Gasteiger partial charge in [0.2, 0.25) is 21.4 Å². The Labute approximate surface area is 146 Å². The average Bonchev–Trinajstić information content (AvgIpc) is 2.49. The monoisotopic (exact) mass is 386 g/mol. The Morgan fingerprint density at radius 1 is 1.36 bits per heavy atom. The first-order valence-corrected chi connectivity index (χ1v) is 8.47. The number of aromatic nitrogens is 1. The van der Waals surface area contributed by atoms with Crippen molar-refractivity contribution in [2.45, 2.75) is 11.4 Å². The van der Waals surface area contributed by atoms with Gasteiger partial charge in [-0.15, -0.1) is 0 Å². The van der Waals surface area contributed by atoms with Gasteiger partial charge >= 0.3 is 0 Å². The van der Waals surface area contributed by atoms with Gasteiger partial charge in [0.15, 0.2) is 0 Å². The molecule has 12 heteroatoms. The Balaban J connectivity index is 2.20. The number of hydrogen-bond donors (Lipinski definition) is 2. The van der Waals surface area contributed by atoms with Crippen LogP contribution in [-0.4, -0.2) is 23.8 Å². The highest BCUT2D eigenvalue weighted by Gasteiger charge is 2.16. The summed E-state index contributed by atoms with van der Waals surface area (Å²) in [4.78, 5) is 33.0. The fraction of sp³-hybridized carbons (Fsp3) is 0.0769. The minimum absolute atomic E-state index is 0.0822. The Kier molecular flexibility index (Phi) is 5.21. The summed E-state index contributed by atoms with van der Waals surface area (Å²) in [6.45, 7) is -0.348. The van der Waals surface area contributed by atoms with E-state index in [1.54, 1.807) is 0 Å². The van der Waals surface area contributed by atoms with E-state index in [1.165, 1.54) is 18.3 Å². The molecule has 132 valence electrons. The number of nitro benzene ring substituents is 1. The molecule has 1 amide bonds. The molecule has 0 unspecified atom stereocenters. The molecule has 2 aromatic rings. The van der Waals surface area contributed by atoms with Crippen molar-refractivity contribution < 1.29 is 18.1 Å². The minimum Gasteiger partial charge on any atom is -0.343 e. The minimum atomic E-state index is -4.23. The summed E-state index contributed by atoms with van der Waals surface area (Å²) in [7, 11) is -4.23. The van der Waals surface area contributed by atoms with Crippen LogP contribution in [-0.2, 0) is 21.4 Å². The van der Waals surface area contributed by atoms with Crippen LogP contribution >= 0.6 is 11.6 Å². The van der Waals surface area contributed by atoms with Gasteiger partial charge in [0.1, 0.15) is 16.5 Å². The number of halogens is 1. The van der Waals surface area contributed by atoms with Gasteiger partial charge in [-0.2, -0.15) is 0 Å². The third-order valence-electron chi connectivity index (χ3n) is 3.00. The molecular weight excluding hydrogens is 376 g/mol. The topological polar surface area (TPSA) is 154 Å². The molecule has 0 radical (unpaired) electrons. The number of nitro groups is 1. The van der Waals surface area contributed by atoms with Crippen molar-refractivity contribution in [1.29, 1.82) is 0 Å². The second kappa shape index (κ2) is 7.01. The summed E-state index contributed by atoms with van der Waals surface area (Å²) < 4.78 is 23.7.